The van der Waals surface area contributed by atoms with Gasteiger partial charge in [-0.3, -0.25) is 18.7 Å². The van der Waals surface area contributed by atoms with Crippen molar-refractivity contribution in [2.45, 2.75) is 26.9 Å². The smallest absolute Gasteiger partial charge is 0.329 e. The molecule has 0 fully saturated rings. The molecule has 1 heterocycles. The van der Waals surface area contributed by atoms with Crippen LogP contribution in [-0.4, -0.2) is 46.0 Å². The van der Waals surface area contributed by atoms with Gasteiger partial charge in [0.1, 0.15) is 12.3 Å². The van der Waals surface area contributed by atoms with Gasteiger partial charge in [0.05, 0.1) is 24.7 Å². The predicted octanol–water partition coefficient (Wildman–Crippen LogP) is 2.32. The van der Waals surface area contributed by atoms with Crippen molar-refractivity contribution in [1.29, 1.82) is 0 Å². The maximum atomic E-state index is 12.9. The molecule has 0 saturated heterocycles. The first-order chi connectivity index (χ1) is 14.5. The number of para-hydroxylation sites is 2. The van der Waals surface area contributed by atoms with Crippen molar-refractivity contribution in [1.82, 2.24) is 14.0 Å². The zero-order chi connectivity index (χ0) is 21.7. The average molecular weight is 410 g/mol. The van der Waals surface area contributed by atoms with Crippen LogP contribution in [0.25, 0.3) is 11.0 Å². The lowest BCUT2D eigenvalue weighted by Crippen LogP contribution is -2.41. The molecule has 0 bridgehead atoms. The number of amides is 2. The molecule has 0 radical (unpaired) electrons. The van der Waals surface area contributed by atoms with E-state index < -0.39 is 0 Å². The lowest BCUT2D eigenvalue weighted by Gasteiger charge is -2.20. The Morgan fingerprint density at radius 2 is 1.73 bits per heavy atom. The third-order valence-electron chi connectivity index (χ3n) is 4.96. The molecule has 0 aliphatic rings. The molecule has 3 aromatic rings. The summed E-state index contributed by atoms with van der Waals surface area (Å²) < 4.78 is 8.25. The zero-order valence-corrected chi connectivity index (χ0v) is 17.4. The highest BCUT2D eigenvalue weighted by atomic mass is 16.5. The SMILES string of the molecule is CCN(CC(=O)Nc1cccc(OC)c1)C(=O)Cn1c(=O)n(CC)c2ccccc21. The number of ether oxygens (including phenoxy) is 1. The molecule has 1 N–H and O–H groups in total. The quantitative estimate of drug-likeness (QED) is 0.618. The molecule has 0 aliphatic heterocycles. The molecule has 2 aromatic carbocycles. The molecule has 3 rings (SSSR count). The molecule has 0 aliphatic carbocycles. The van der Waals surface area contributed by atoms with Crippen molar-refractivity contribution in [3.8, 4) is 5.75 Å². The number of carbonyl (C=O) groups excluding carboxylic acids is 2. The largest absolute Gasteiger partial charge is 0.497 e. The summed E-state index contributed by atoms with van der Waals surface area (Å²) in [6.45, 7) is 4.34. The minimum Gasteiger partial charge on any atom is -0.497 e. The molecule has 1 aromatic heterocycles. The van der Waals surface area contributed by atoms with Gasteiger partial charge < -0.3 is 15.0 Å². The second-order valence-corrected chi connectivity index (χ2v) is 6.79. The molecule has 30 heavy (non-hydrogen) atoms. The minimum atomic E-state index is -0.318. The van der Waals surface area contributed by atoms with Crippen molar-refractivity contribution in [3.63, 3.8) is 0 Å². The van der Waals surface area contributed by atoms with Gasteiger partial charge in [0.2, 0.25) is 11.8 Å². The van der Waals surface area contributed by atoms with Crippen molar-refractivity contribution in [3.05, 3.63) is 59.0 Å². The van der Waals surface area contributed by atoms with Crippen LogP contribution in [0.1, 0.15) is 13.8 Å². The summed E-state index contributed by atoms with van der Waals surface area (Å²) in [5.74, 6) is 0.0177. The second-order valence-electron chi connectivity index (χ2n) is 6.79. The van der Waals surface area contributed by atoms with Gasteiger partial charge in [0.15, 0.2) is 0 Å². The molecule has 0 atom stereocenters. The number of carbonyl (C=O) groups is 2. The van der Waals surface area contributed by atoms with Crippen LogP contribution in [0.2, 0.25) is 0 Å². The Morgan fingerprint density at radius 1 is 1.03 bits per heavy atom. The van der Waals surface area contributed by atoms with Gasteiger partial charge in [-0.25, -0.2) is 4.79 Å². The Hall–Kier alpha value is -3.55. The highest BCUT2D eigenvalue weighted by molar-refractivity contribution is 5.94. The highest BCUT2D eigenvalue weighted by Crippen LogP contribution is 2.17. The van der Waals surface area contributed by atoms with Crippen LogP contribution >= 0.6 is 0 Å². The maximum absolute atomic E-state index is 12.9. The van der Waals surface area contributed by atoms with Crippen LogP contribution < -0.4 is 15.7 Å². The van der Waals surface area contributed by atoms with Crippen molar-refractivity contribution in [2.24, 2.45) is 0 Å². The maximum Gasteiger partial charge on any atom is 0.329 e. The average Bonchev–Trinajstić information content (AvgIpc) is 3.02. The third-order valence-corrected chi connectivity index (χ3v) is 4.96. The number of rotatable bonds is 8. The van der Waals surface area contributed by atoms with E-state index in [0.29, 0.717) is 30.0 Å². The van der Waals surface area contributed by atoms with Crippen LogP contribution in [0, 0.1) is 0 Å². The number of fused-ring (bicyclic) bond motifs is 1. The number of benzene rings is 2. The number of hydrogen-bond donors (Lipinski definition) is 1. The summed E-state index contributed by atoms with van der Waals surface area (Å²) in [5.41, 5.74) is 1.85. The van der Waals surface area contributed by atoms with E-state index in [4.69, 9.17) is 4.74 Å². The van der Waals surface area contributed by atoms with Gasteiger partial charge in [-0.15, -0.1) is 0 Å². The highest BCUT2D eigenvalue weighted by Gasteiger charge is 2.20. The Morgan fingerprint density at radius 3 is 2.37 bits per heavy atom. The van der Waals surface area contributed by atoms with E-state index in [1.165, 1.54) is 9.47 Å². The normalized spacial score (nSPS) is 10.8. The molecule has 2 amide bonds. The first-order valence-corrected chi connectivity index (χ1v) is 9.88. The number of aromatic nitrogens is 2. The van der Waals surface area contributed by atoms with E-state index in [0.717, 1.165) is 5.52 Å². The molecular formula is C22H26N4O4. The summed E-state index contributed by atoms with van der Waals surface area (Å²) in [4.78, 5) is 39.5. The first-order valence-electron chi connectivity index (χ1n) is 9.88. The fraction of sp³-hybridized carbons (Fsp3) is 0.318. The van der Waals surface area contributed by atoms with Crippen molar-refractivity contribution < 1.29 is 14.3 Å². The van der Waals surface area contributed by atoms with Crippen molar-refractivity contribution in [2.75, 3.05) is 25.5 Å². The second kappa shape index (κ2) is 9.30. The van der Waals surface area contributed by atoms with Gasteiger partial charge in [-0.2, -0.15) is 0 Å². The Bertz CT molecular complexity index is 1120. The molecule has 8 heteroatoms. The van der Waals surface area contributed by atoms with Gasteiger partial charge in [-0.05, 0) is 38.1 Å². The lowest BCUT2D eigenvalue weighted by molar-refractivity contribution is -0.135. The lowest BCUT2D eigenvalue weighted by atomic mass is 10.3. The fourth-order valence-corrected chi connectivity index (χ4v) is 3.42. The molecule has 0 spiro atoms. The van der Waals surface area contributed by atoms with Gasteiger partial charge in [-0.1, -0.05) is 18.2 Å². The monoisotopic (exact) mass is 410 g/mol. The van der Waals surface area contributed by atoms with E-state index in [1.54, 1.807) is 42.9 Å². The standard InChI is InChI=1S/C22H26N4O4/c1-4-24(14-20(27)23-16-9-8-10-17(13-16)30-3)21(28)15-26-19-12-7-6-11-18(19)25(5-2)22(26)29/h6-13H,4-5,14-15H2,1-3H3,(H,23,27). The Kier molecular flexibility index (Phi) is 6.56. The summed E-state index contributed by atoms with van der Waals surface area (Å²) >= 11 is 0. The summed E-state index contributed by atoms with van der Waals surface area (Å²) in [7, 11) is 1.55. The molecule has 8 nitrogen and oxygen atoms in total. The number of nitrogens with one attached hydrogen (secondary N) is 1. The molecule has 158 valence electrons. The van der Waals surface area contributed by atoms with Crippen LogP contribution in [0.5, 0.6) is 5.75 Å². The number of methoxy groups -OCH3 is 1. The number of hydrogen-bond acceptors (Lipinski definition) is 4. The van der Waals surface area contributed by atoms with E-state index in [9.17, 15) is 14.4 Å². The number of imidazole rings is 1. The number of aryl methyl sites for hydroxylation is 1. The topological polar surface area (TPSA) is 85.6 Å². The third kappa shape index (κ3) is 4.37. The fourth-order valence-electron chi connectivity index (χ4n) is 3.42. The molecule has 0 unspecified atom stereocenters. The number of anilines is 1. The van der Waals surface area contributed by atoms with E-state index >= 15 is 0 Å². The van der Waals surface area contributed by atoms with Crippen LogP contribution in [0.3, 0.4) is 0 Å². The molecule has 0 saturated carbocycles. The van der Waals surface area contributed by atoms with Crippen LogP contribution in [0.4, 0.5) is 5.69 Å². The van der Waals surface area contributed by atoms with Gasteiger partial charge in [0, 0.05) is 24.8 Å². The minimum absolute atomic E-state index is 0.103. The van der Waals surface area contributed by atoms with E-state index in [1.807, 2.05) is 31.2 Å². The van der Waals surface area contributed by atoms with Gasteiger partial charge >= 0.3 is 5.69 Å². The zero-order valence-electron chi connectivity index (χ0n) is 17.4. The number of likely N-dealkylation sites (N-methyl/N-ethyl adjacent to an activating group) is 1. The Balaban J connectivity index is 1.74. The summed E-state index contributed by atoms with van der Waals surface area (Å²) in [5, 5.41) is 2.77. The van der Waals surface area contributed by atoms with Crippen LogP contribution in [-0.2, 0) is 22.7 Å². The number of nitrogens with zero attached hydrogens (tertiary/aromatic N) is 3. The van der Waals surface area contributed by atoms with E-state index in [-0.39, 0.29) is 30.6 Å². The van der Waals surface area contributed by atoms with Crippen LogP contribution in [0.15, 0.2) is 53.3 Å². The molecular weight excluding hydrogens is 384 g/mol. The summed E-state index contributed by atoms with van der Waals surface area (Å²) in [6.07, 6.45) is 0. The Labute approximate surface area is 174 Å². The van der Waals surface area contributed by atoms with E-state index in [2.05, 4.69) is 5.32 Å². The first kappa shape index (κ1) is 21.2. The van der Waals surface area contributed by atoms with Gasteiger partial charge in [0.25, 0.3) is 0 Å². The summed E-state index contributed by atoms with van der Waals surface area (Å²) in [6, 6.07) is 14.4. The predicted molar refractivity (Wildman–Crippen MR) is 116 cm³/mol. The van der Waals surface area contributed by atoms with Crippen molar-refractivity contribution >= 4 is 28.5 Å².